The van der Waals surface area contributed by atoms with E-state index >= 15 is 0 Å². The van der Waals surface area contributed by atoms with Crippen LogP contribution in [0.2, 0.25) is 5.02 Å². The van der Waals surface area contributed by atoms with Crippen molar-refractivity contribution in [1.29, 1.82) is 0 Å². The Morgan fingerprint density at radius 3 is 2.50 bits per heavy atom. The van der Waals surface area contributed by atoms with Crippen LogP contribution in [0.3, 0.4) is 0 Å². The van der Waals surface area contributed by atoms with Crippen LogP contribution in [0, 0.1) is 5.92 Å². The van der Waals surface area contributed by atoms with Crippen molar-refractivity contribution in [2.45, 2.75) is 17.7 Å². The molecule has 2 heterocycles. The molecule has 0 unspecified atom stereocenters. The fourth-order valence-corrected chi connectivity index (χ4v) is 5.14. The molecule has 0 radical (unpaired) electrons. The zero-order valence-corrected chi connectivity index (χ0v) is 17.7. The number of piperidine rings is 1. The molecule has 9 heteroatoms. The molecule has 1 saturated heterocycles. The number of hydrogen-bond donors (Lipinski definition) is 2. The van der Waals surface area contributed by atoms with Crippen LogP contribution in [0.4, 0.5) is 5.69 Å². The number of aromatic nitrogens is 2. The van der Waals surface area contributed by atoms with Gasteiger partial charge in [-0.05, 0) is 55.3 Å². The molecule has 2 N–H and O–H groups in total. The van der Waals surface area contributed by atoms with Crippen LogP contribution in [0.25, 0.3) is 11.3 Å². The minimum absolute atomic E-state index is 0.0969. The number of hydrogen-bond acceptors (Lipinski definition) is 4. The molecule has 0 aliphatic carbocycles. The van der Waals surface area contributed by atoms with Gasteiger partial charge in [-0.1, -0.05) is 23.7 Å². The number of anilines is 1. The Hall–Kier alpha value is -2.68. The van der Waals surface area contributed by atoms with Crippen LogP contribution in [-0.2, 0) is 14.8 Å². The third-order valence-electron chi connectivity index (χ3n) is 5.22. The van der Waals surface area contributed by atoms with Crippen molar-refractivity contribution in [2.24, 2.45) is 5.92 Å². The maximum absolute atomic E-state index is 12.8. The molecule has 0 atom stereocenters. The van der Waals surface area contributed by atoms with Crippen molar-refractivity contribution < 1.29 is 13.2 Å². The van der Waals surface area contributed by atoms with E-state index in [0.29, 0.717) is 36.6 Å². The van der Waals surface area contributed by atoms with Gasteiger partial charge in [0.1, 0.15) is 0 Å². The van der Waals surface area contributed by atoms with Crippen LogP contribution < -0.4 is 5.32 Å². The summed E-state index contributed by atoms with van der Waals surface area (Å²) < 4.78 is 27.0. The van der Waals surface area contributed by atoms with Crippen LogP contribution >= 0.6 is 11.6 Å². The van der Waals surface area contributed by atoms with Gasteiger partial charge in [0.05, 0.1) is 10.6 Å². The largest absolute Gasteiger partial charge is 0.326 e. The smallest absolute Gasteiger partial charge is 0.243 e. The molecule has 1 aromatic heterocycles. The molecule has 0 saturated carbocycles. The molecule has 2 aromatic carbocycles. The van der Waals surface area contributed by atoms with Crippen molar-refractivity contribution >= 4 is 33.2 Å². The van der Waals surface area contributed by atoms with Crippen molar-refractivity contribution in [3.63, 3.8) is 0 Å². The number of aromatic amines is 1. The number of carbonyl (C=O) groups excluding carboxylic acids is 1. The quantitative estimate of drug-likeness (QED) is 0.626. The summed E-state index contributed by atoms with van der Waals surface area (Å²) >= 11 is 5.85. The number of halogens is 1. The standard InChI is InChI=1S/C21H21ClN4O3S/c22-17-4-6-19(7-5-17)30(28,29)26-12-9-15(10-13-26)21(27)24-18-3-1-2-16(14-18)20-8-11-23-25-20/h1-8,11,14-15H,9-10,12-13H2,(H,23,25)(H,24,27). The van der Waals surface area contributed by atoms with Crippen molar-refractivity contribution in [3.8, 4) is 11.3 Å². The van der Waals surface area contributed by atoms with Gasteiger partial charge < -0.3 is 5.32 Å². The Labute approximate surface area is 180 Å². The molecule has 1 amide bonds. The van der Waals surface area contributed by atoms with Crippen LogP contribution in [0.1, 0.15) is 12.8 Å². The van der Waals surface area contributed by atoms with E-state index in [-0.39, 0.29) is 16.7 Å². The third kappa shape index (κ3) is 4.40. The number of nitrogens with one attached hydrogen (secondary N) is 2. The molecule has 1 aliphatic heterocycles. The minimum atomic E-state index is -3.58. The molecule has 156 valence electrons. The molecule has 30 heavy (non-hydrogen) atoms. The van der Waals surface area contributed by atoms with Gasteiger partial charge in [0, 0.05) is 41.5 Å². The van der Waals surface area contributed by atoms with E-state index in [0.717, 1.165) is 11.3 Å². The number of benzene rings is 2. The first-order valence-electron chi connectivity index (χ1n) is 9.60. The highest BCUT2D eigenvalue weighted by Crippen LogP contribution is 2.26. The molecule has 7 nitrogen and oxygen atoms in total. The first kappa shape index (κ1) is 20.6. The second kappa shape index (κ2) is 8.59. The average Bonchev–Trinajstić information content (AvgIpc) is 3.29. The van der Waals surface area contributed by atoms with E-state index < -0.39 is 10.0 Å². The first-order chi connectivity index (χ1) is 14.4. The SMILES string of the molecule is O=C(Nc1cccc(-c2ccn[nH]2)c1)C1CCN(S(=O)(=O)c2ccc(Cl)cc2)CC1. The number of H-pyrrole nitrogens is 1. The van der Waals surface area contributed by atoms with E-state index in [4.69, 9.17) is 11.6 Å². The Bertz CT molecular complexity index is 1120. The van der Waals surface area contributed by atoms with E-state index in [9.17, 15) is 13.2 Å². The lowest BCUT2D eigenvalue weighted by molar-refractivity contribution is -0.120. The molecule has 1 fully saturated rings. The zero-order valence-electron chi connectivity index (χ0n) is 16.1. The highest BCUT2D eigenvalue weighted by molar-refractivity contribution is 7.89. The summed E-state index contributed by atoms with van der Waals surface area (Å²) in [6.45, 7) is 0.606. The maximum atomic E-state index is 12.8. The number of nitrogens with zero attached hydrogens (tertiary/aromatic N) is 2. The summed E-state index contributed by atoms with van der Waals surface area (Å²) in [6, 6.07) is 15.5. The van der Waals surface area contributed by atoms with Crippen molar-refractivity contribution in [2.75, 3.05) is 18.4 Å². The van der Waals surface area contributed by atoms with E-state index in [1.165, 1.54) is 16.4 Å². The van der Waals surface area contributed by atoms with Gasteiger partial charge >= 0.3 is 0 Å². The molecule has 0 spiro atoms. The summed E-state index contributed by atoms with van der Waals surface area (Å²) in [6.07, 6.45) is 2.62. The van der Waals surface area contributed by atoms with Gasteiger partial charge in [-0.25, -0.2) is 8.42 Å². The predicted octanol–water partition coefficient (Wildman–Crippen LogP) is 3.77. The summed E-state index contributed by atoms with van der Waals surface area (Å²) in [4.78, 5) is 12.9. The van der Waals surface area contributed by atoms with Crippen molar-refractivity contribution in [1.82, 2.24) is 14.5 Å². The molecular formula is C21H21ClN4O3S. The molecule has 0 bridgehead atoms. The second-order valence-electron chi connectivity index (χ2n) is 7.17. The summed E-state index contributed by atoms with van der Waals surface area (Å²) in [5.41, 5.74) is 2.49. The Morgan fingerprint density at radius 1 is 1.10 bits per heavy atom. The van der Waals surface area contributed by atoms with Crippen LogP contribution in [0.15, 0.2) is 65.7 Å². The topological polar surface area (TPSA) is 95.2 Å². The minimum Gasteiger partial charge on any atom is -0.326 e. The van der Waals surface area contributed by atoms with Crippen LogP contribution in [-0.4, -0.2) is 41.9 Å². The lowest BCUT2D eigenvalue weighted by atomic mass is 9.97. The van der Waals surface area contributed by atoms with E-state index in [2.05, 4.69) is 15.5 Å². The van der Waals surface area contributed by atoms with Gasteiger partial charge in [-0.3, -0.25) is 9.89 Å². The summed E-state index contributed by atoms with van der Waals surface area (Å²) in [5, 5.41) is 10.3. The highest BCUT2D eigenvalue weighted by atomic mass is 35.5. The molecule has 1 aliphatic rings. The number of rotatable bonds is 5. The Morgan fingerprint density at radius 2 is 1.83 bits per heavy atom. The highest BCUT2D eigenvalue weighted by Gasteiger charge is 2.32. The summed E-state index contributed by atoms with van der Waals surface area (Å²) in [7, 11) is -3.58. The van der Waals surface area contributed by atoms with Gasteiger partial charge in [0.15, 0.2) is 0 Å². The predicted molar refractivity (Wildman–Crippen MR) is 116 cm³/mol. The third-order valence-corrected chi connectivity index (χ3v) is 7.38. The van der Waals surface area contributed by atoms with Gasteiger partial charge in [0.25, 0.3) is 0 Å². The number of amides is 1. The zero-order chi connectivity index (χ0) is 21.1. The Kier molecular flexibility index (Phi) is 5.90. The Balaban J connectivity index is 1.38. The maximum Gasteiger partial charge on any atom is 0.243 e. The monoisotopic (exact) mass is 444 g/mol. The van der Waals surface area contributed by atoms with E-state index in [1.54, 1.807) is 18.3 Å². The van der Waals surface area contributed by atoms with Gasteiger partial charge in [-0.2, -0.15) is 9.40 Å². The molecule has 4 rings (SSSR count). The second-order valence-corrected chi connectivity index (χ2v) is 9.55. The van der Waals surface area contributed by atoms with E-state index in [1.807, 2.05) is 30.3 Å². The van der Waals surface area contributed by atoms with Gasteiger partial charge in [-0.15, -0.1) is 0 Å². The van der Waals surface area contributed by atoms with Gasteiger partial charge in [0.2, 0.25) is 15.9 Å². The number of carbonyl (C=O) groups is 1. The lowest BCUT2D eigenvalue weighted by Gasteiger charge is -2.30. The lowest BCUT2D eigenvalue weighted by Crippen LogP contribution is -2.41. The van der Waals surface area contributed by atoms with Crippen molar-refractivity contribution in [3.05, 3.63) is 65.8 Å². The summed E-state index contributed by atoms with van der Waals surface area (Å²) in [5.74, 6) is -0.335. The fourth-order valence-electron chi connectivity index (χ4n) is 3.54. The normalized spacial score (nSPS) is 15.8. The fraction of sp³-hybridized carbons (Fsp3) is 0.238. The number of sulfonamides is 1. The average molecular weight is 445 g/mol. The first-order valence-corrected chi connectivity index (χ1v) is 11.4. The van der Waals surface area contributed by atoms with Crippen LogP contribution in [0.5, 0.6) is 0 Å². The molecule has 3 aromatic rings. The molecular weight excluding hydrogens is 424 g/mol.